The van der Waals surface area contributed by atoms with Crippen LogP contribution in [0.5, 0.6) is 0 Å². The molecule has 0 fully saturated rings. The number of hydrogen-bond donors (Lipinski definition) is 2. The van der Waals surface area contributed by atoms with Gasteiger partial charge in [0.05, 0.1) is 23.0 Å². The molecule has 0 radical (unpaired) electrons. The number of rotatable bonds is 4. The van der Waals surface area contributed by atoms with Crippen molar-refractivity contribution in [1.29, 1.82) is 0 Å². The van der Waals surface area contributed by atoms with Crippen molar-refractivity contribution in [2.75, 3.05) is 0 Å². The molecule has 26 heavy (non-hydrogen) atoms. The highest BCUT2D eigenvalue weighted by Gasteiger charge is 2.12. The van der Waals surface area contributed by atoms with Crippen molar-refractivity contribution in [2.24, 2.45) is 5.10 Å². The second-order valence-corrected chi connectivity index (χ2v) is 6.97. The number of aromatic nitrogens is 2. The van der Waals surface area contributed by atoms with Crippen molar-refractivity contribution in [1.82, 2.24) is 15.2 Å². The van der Waals surface area contributed by atoms with E-state index in [1.165, 1.54) is 10.9 Å². The summed E-state index contributed by atoms with van der Waals surface area (Å²) in [5.74, 6) is -0.321. The number of halogens is 1. The van der Waals surface area contributed by atoms with E-state index in [0.717, 1.165) is 14.8 Å². The van der Waals surface area contributed by atoms with Crippen LogP contribution in [0.15, 0.2) is 58.4 Å². The summed E-state index contributed by atoms with van der Waals surface area (Å²) in [6.07, 6.45) is 1.37. The number of amides is 1. The molecule has 0 bridgehead atoms. The van der Waals surface area contributed by atoms with Crippen LogP contribution in [0.25, 0.3) is 5.69 Å². The molecule has 2 aromatic carbocycles. The first-order chi connectivity index (χ1) is 12.5. The van der Waals surface area contributed by atoms with E-state index in [1.54, 1.807) is 19.1 Å². The van der Waals surface area contributed by atoms with Gasteiger partial charge in [0.2, 0.25) is 0 Å². The molecule has 3 rings (SSSR count). The third-order valence-corrected chi connectivity index (χ3v) is 4.80. The van der Waals surface area contributed by atoms with Crippen LogP contribution >= 0.6 is 22.6 Å². The van der Waals surface area contributed by atoms with Crippen molar-refractivity contribution < 1.29 is 4.79 Å². The smallest absolute Gasteiger partial charge is 0.280 e. The number of hydrazone groups is 1. The number of nitrogens with one attached hydrogen (secondary N) is 2. The zero-order valence-electron chi connectivity index (χ0n) is 14.3. The lowest BCUT2D eigenvalue weighted by molar-refractivity contribution is 0.0954. The van der Waals surface area contributed by atoms with Gasteiger partial charge >= 0.3 is 0 Å². The molecule has 0 saturated carbocycles. The predicted octanol–water partition coefficient (Wildman–Crippen LogP) is 3.15. The minimum absolute atomic E-state index is 0.222. The first kappa shape index (κ1) is 18.1. The maximum absolute atomic E-state index is 12.6. The highest BCUT2D eigenvalue weighted by atomic mass is 127. The van der Waals surface area contributed by atoms with Crippen LogP contribution in [0.2, 0.25) is 0 Å². The zero-order chi connectivity index (χ0) is 18.7. The Morgan fingerprint density at radius 3 is 2.69 bits per heavy atom. The van der Waals surface area contributed by atoms with E-state index in [4.69, 9.17) is 0 Å². The topological polar surface area (TPSA) is 79.2 Å². The van der Waals surface area contributed by atoms with Gasteiger partial charge in [-0.3, -0.25) is 14.7 Å². The minimum Gasteiger partial charge on any atom is -0.295 e. The molecule has 0 spiro atoms. The van der Waals surface area contributed by atoms with Crippen LogP contribution in [-0.4, -0.2) is 21.9 Å². The van der Waals surface area contributed by atoms with E-state index in [0.29, 0.717) is 16.8 Å². The van der Waals surface area contributed by atoms with Crippen LogP contribution in [0.3, 0.4) is 0 Å². The fourth-order valence-electron chi connectivity index (χ4n) is 2.52. The molecule has 1 aromatic heterocycles. The number of carbonyl (C=O) groups is 1. The zero-order valence-corrected chi connectivity index (χ0v) is 16.4. The number of aryl methyl sites for hydroxylation is 2. The molecule has 6 nitrogen and oxygen atoms in total. The predicted molar refractivity (Wildman–Crippen MR) is 110 cm³/mol. The Balaban J connectivity index is 1.83. The number of hydrogen-bond acceptors (Lipinski definition) is 3. The molecular weight excluding hydrogens is 443 g/mol. The van der Waals surface area contributed by atoms with Gasteiger partial charge in [0.15, 0.2) is 0 Å². The molecule has 0 aliphatic rings. The van der Waals surface area contributed by atoms with Gasteiger partial charge in [-0.15, -0.1) is 0 Å². The van der Waals surface area contributed by atoms with Crippen molar-refractivity contribution in [2.45, 2.75) is 13.8 Å². The van der Waals surface area contributed by atoms with Crippen LogP contribution in [0, 0.1) is 17.4 Å². The van der Waals surface area contributed by atoms with Gasteiger partial charge < -0.3 is 0 Å². The number of benzene rings is 2. The summed E-state index contributed by atoms with van der Waals surface area (Å²) in [4.78, 5) is 24.8. The van der Waals surface area contributed by atoms with Crippen LogP contribution in [0.4, 0.5) is 0 Å². The number of aromatic amines is 1. The number of H-pyrrole nitrogens is 1. The van der Waals surface area contributed by atoms with Gasteiger partial charge in [0.25, 0.3) is 11.5 Å². The Hall–Kier alpha value is -2.68. The highest BCUT2D eigenvalue weighted by Crippen LogP contribution is 2.11. The molecule has 1 amide bonds. The van der Waals surface area contributed by atoms with E-state index >= 15 is 0 Å². The molecule has 0 aliphatic heterocycles. The quantitative estimate of drug-likeness (QED) is 0.357. The molecule has 0 saturated heterocycles. The summed E-state index contributed by atoms with van der Waals surface area (Å²) in [6, 6.07) is 14.8. The molecule has 2 N–H and O–H groups in total. The summed E-state index contributed by atoms with van der Waals surface area (Å²) in [5, 5.41) is 6.98. The fraction of sp³-hybridized carbons (Fsp3) is 0.105. The first-order valence-corrected chi connectivity index (χ1v) is 9.02. The standard InChI is InChI=1S/C19H17IN4O2/c1-12-6-5-7-14(10-12)24-19(26)16(13(2)23-24)11-21-22-18(25)15-8-3-4-9-17(15)20/h3-11,23H,1-2H3,(H,22,25). The van der Waals surface area contributed by atoms with E-state index in [9.17, 15) is 9.59 Å². The summed E-state index contributed by atoms with van der Waals surface area (Å²) >= 11 is 2.09. The Morgan fingerprint density at radius 1 is 1.19 bits per heavy atom. The average molecular weight is 460 g/mol. The summed E-state index contributed by atoms with van der Waals surface area (Å²) in [5.41, 5.74) is 5.65. The summed E-state index contributed by atoms with van der Waals surface area (Å²) < 4.78 is 2.29. The molecule has 1 heterocycles. The Morgan fingerprint density at radius 2 is 1.96 bits per heavy atom. The molecule has 0 aliphatic carbocycles. The lowest BCUT2D eigenvalue weighted by Gasteiger charge is -2.02. The van der Waals surface area contributed by atoms with E-state index in [1.807, 2.05) is 43.3 Å². The molecular formula is C19H17IN4O2. The second kappa shape index (κ2) is 7.69. The largest absolute Gasteiger partial charge is 0.295 e. The van der Waals surface area contributed by atoms with Crippen molar-refractivity contribution in [3.8, 4) is 5.69 Å². The molecule has 7 heteroatoms. The van der Waals surface area contributed by atoms with Crippen LogP contribution < -0.4 is 11.0 Å². The third kappa shape index (κ3) is 3.77. The van der Waals surface area contributed by atoms with Crippen molar-refractivity contribution in [3.63, 3.8) is 0 Å². The van der Waals surface area contributed by atoms with Crippen molar-refractivity contribution in [3.05, 3.63) is 84.8 Å². The number of nitrogens with zero attached hydrogens (tertiary/aromatic N) is 2. The summed E-state index contributed by atoms with van der Waals surface area (Å²) in [6.45, 7) is 3.75. The van der Waals surface area contributed by atoms with Gasteiger partial charge in [0.1, 0.15) is 0 Å². The first-order valence-electron chi connectivity index (χ1n) is 7.94. The van der Waals surface area contributed by atoms with E-state index < -0.39 is 0 Å². The van der Waals surface area contributed by atoms with Crippen LogP contribution in [-0.2, 0) is 0 Å². The Bertz CT molecular complexity index is 1050. The van der Waals surface area contributed by atoms with Gasteiger partial charge in [-0.25, -0.2) is 10.1 Å². The Kier molecular flexibility index (Phi) is 5.36. The fourth-order valence-corrected chi connectivity index (χ4v) is 3.15. The Labute approximate surface area is 164 Å². The van der Waals surface area contributed by atoms with Crippen molar-refractivity contribution >= 4 is 34.7 Å². The lowest BCUT2D eigenvalue weighted by atomic mass is 10.2. The van der Waals surface area contributed by atoms with Gasteiger partial charge in [0, 0.05) is 9.26 Å². The van der Waals surface area contributed by atoms with Gasteiger partial charge in [-0.2, -0.15) is 5.10 Å². The highest BCUT2D eigenvalue weighted by molar-refractivity contribution is 14.1. The molecule has 0 unspecified atom stereocenters. The maximum Gasteiger partial charge on any atom is 0.280 e. The molecule has 132 valence electrons. The maximum atomic E-state index is 12.6. The normalized spacial score (nSPS) is 11.0. The minimum atomic E-state index is -0.321. The van der Waals surface area contributed by atoms with E-state index in [-0.39, 0.29) is 11.5 Å². The average Bonchev–Trinajstić information content (AvgIpc) is 2.90. The summed E-state index contributed by atoms with van der Waals surface area (Å²) in [7, 11) is 0. The molecule has 0 atom stereocenters. The number of carbonyl (C=O) groups excluding carboxylic acids is 1. The second-order valence-electron chi connectivity index (χ2n) is 5.81. The van der Waals surface area contributed by atoms with Gasteiger partial charge in [-0.1, -0.05) is 24.3 Å². The SMILES string of the molecule is Cc1cccc(-n2[nH]c(C)c(C=NNC(=O)c3ccccc3I)c2=O)c1. The molecule has 3 aromatic rings. The monoisotopic (exact) mass is 460 g/mol. The third-order valence-electron chi connectivity index (χ3n) is 3.86. The van der Waals surface area contributed by atoms with E-state index in [2.05, 4.69) is 38.2 Å². The van der Waals surface area contributed by atoms with Crippen LogP contribution in [0.1, 0.15) is 27.2 Å². The lowest BCUT2D eigenvalue weighted by Crippen LogP contribution is -2.20. The van der Waals surface area contributed by atoms with Gasteiger partial charge in [-0.05, 0) is 66.3 Å².